The van der Waals surface area contributed by atoms with Crippen LogP contribution < -0.4 is 17.2 Å². The van der Waals surface area contributed by atoms with Crippen LogP contribution in [-0.2, 0) is 0 Å². The molecule has 0 saturated heterocycles. The second-order valence-corrected chi connectivity index (χ2v) is 1.22. The first kappa shape index (κ1) is 151. The molecule has 0 aromatic rings. The van der Waals surface area contributed by atoms with Crippen LogP contribution in [0.5, 0.6) is 0 Å². The molecule has 0 unspecified atom stereocenters. The normalized spacial score (nSPS) is 3.27. The van der Waals surface area contributed by atoms with Crippen LogP contribution in [0.3, 0.4) is 0 Å². The Labute approximate surface area is 226 Å². The molecule has 0 aliphatic heterocycles. The van der Waals surface area contributed by atoms with E-state index in [0.29, 0.717) is 0 Å². The summed E-state index contributed by atoms with van der Waals surface area (Å²) in [7, 11) is 0. The van der Waals surface area contributed by atoms with Crippen LogP contribution in [-0.4, -0.2) is 19.6 Å². The molecule has 0 fully saturated rings. The van der Waals surface area contributed by atoms with Gasteiger partial charge < -0.3 is 17.2 Å². The third-order valence-corrected chi connectivity index (χ3v) is 0. The van der Waals surface area contributed by atoms with Crippen molar-refractivity contribution in [2.75, 3.05) is 19.6 Å². The molecule has 3 heteroatoms. The van der Waals surface area contributed by atoms with E-state index in [-0.39, 0.29) is 44.6 Å². The number of nitrogens with two attached hydrogens (primary N) is 3. The second-order valence-electron chi connectivity index (χ2n) is 1.22. The molecule has 0 aliphatic rings. The molecule has 0 aromatic carbocycles. The van der Waals surface area contributed by atoms with Gasteiger partial charge in [0.15, 0.2) is 0 Å². The van der Waals surface area contributed by atoms with E-state index in [1.807, 2.05) is 145 Å². The van der Waals surface area contributed by atoms with Crippen molar-refractivity contribution in [3.05, 3.63) is 0 Å². The van der Waals surface area contributed by atoms with Gasteiger partial charge in [0.2, 0.25) is 0 Å². The Morgan fingerprint density at radius 1 is 0.242 bits per heavy atom. The van der Waals surface area contributed by atoms with Crippen LogP contribution in [0, 0.1) is 0 Å². The summed E-state index contributed by atoms with van der Waals surface area (Å²) in [4.78, 5) is 0. The molecule has 234 valence electrons. The quantitative estimate of drug-likeness (QED) is 0.308. The van der Waals surface area contributed by atoms with Crippen LogP contribution in [0.2, 0.25) is 0 Å². The summed E-state index contributed by atoms with van der Waals surface area (Å²) in [5, 5.41) is 0. The monoisotopic (exact) mass is 502 g/mol. The number of hydrogen-bond donors (Lipinski definition) is 3. The van der Waals surface area contributed by atoms with Crippen molar-refractivity contribution in [2.45, 2.75) is 190 Å². The molecule has 0 amide bonds. The zero-order valence-corrected chi connectivity index (χ0v) is 24.9. The maximum atomic E-state index is 4.85. The first-order valence-electron chi connectivity index (χ1n) is 12.3. The van der Waals surface area contributed by atoms with Crippen molar-refractivity contribution >= 4 is 0 Å². The zero-order valence-electron chi connectivity index (χ0n) is 24.9. The number of hydrogen-bond acceptors (Lipinski definition) is 3. The molecule has 0 heterocycles. The minimum Gasteiger partial charge on any atom is -0.331 e. The molecular weight excluding hydrogens is 402 g/mol. The van der Waals surface area contributed by atoms with E-state index >= 15 is 0 Å². The molecule has 6 N–H and O–H groups in total. The first-order valence-corrected chi connectivity index (χ1v) is 12.3. The highest BCUT2D eigenvalue weighted by Crippen LogP contribution is 1.21. The second kappa shape index (κ2) is 3670. The van der Waals surface area contributed by atoms with Crippen LogP contribution in [0.25, 0.3) is 0 Å². The van der Waals surface area contributed by atoms with Gasteiger partial charge in [-0.15, -0.1) is 0 Å². The summed E-state index contributed by atoms with van der Waals surface area (Å²) < 4.78 is 0. The van der Waals surface area contributed by atoms with Gasteiger partial charge in [0, 0.05) is 0 Å². The first-order chi connectivity index (χ1) is 13.2. The van der Waals surface area contributed by atoms with Gasteiger partial charge in [0.25, 0.3) is 0 Å². The molecule has 0 radical (unpaired) electrons. The van der Waals surface area contributed by atoms with Crippen molar-refractivity contribution in [1.82, 2.24) is 0 Å². The lowest BCUT2D eigenvalue weighted by molar-refractivity contribution is 1.14. The van der Waals surface area contributed by atoms with Gasteiger partial charge in [-0.2, -0.15) is 0 Å². The highest BCUT2D eigenvalue weighted by Gasteiger charge is 1.33. The Hall–Kier alpha value is -0.120. The van der Waals surface area contributed by atoms with E-state index < -0.39 is 0 Å². The lowest BCUT2D eigenvalue weighted by Crippen LogP contribution is -1.87. The molecule has 3 nitrogen and oxygen atoms in total. The van der Waals surface area contributed by atoms with Crippen molar-refractivity contribution in [3.8, 4) is 0 Å². The lowest BCUT2D eigenvalue weighted by Gasteiger charge is -1.53. The number of rotatable bonds is 0. The molecule has 0 aliphatic carbocycles. The Morgan fingerprint density at radius 2 is 0.242 bits per heavy atom. The van der Waals surface area contributed by atoms with Crippen molar-refractivity contribution in [3.63, 3.8) is 0 Å². The summed E-state index contributed by atoms with van der Waals surface area (Å²) in [6.07, 6.45) is 0. The molecule has 0 bridgehead atoms. The fourth-order valence-electron chi connectivity index (χ4n) is 0. The van der Waals surface area contributed by atoms with Crippen LogP contribution in [0.15, 0.2) is 0 Å². The molecule has 0 spiro atoms. The average Bonchev–Trinajstić information content (AvgIpc) is 2.82. The average molecular weight is 502 g/mol. The summed E-state index contributed by atoms with van der Waals surface area (Å²) >= 11 is 0. The minimum atomic E-state index is 0. The maximum Gasteiger partial charge on any atom is -0.0106 e. The SMILES string of the molecule is C.C.C.C.C.C.CC.CC.CC.CC.CC.CC.CC.CC.CC.CCN.CCN.CCN. The predicted molar refractivity (Wildman–Crippen MR) is 187 cm³/mol. The maximum absolute atomic E-state index is 4.85. The predicted octanol–water partition coefficient (Wildman–Crippen LogP) is 12.9. The Kier molecular flexibility index (Phi) is 16800. The largest absolute Gasteiger partial charge is 0.331 e. The van der Waals surface area contributed by atoms with Gasteiger partial charge >= 0.3 is 0 Å². The van der Waals surface area contributed by atoms with E-state index in [2.05, 4.69) is 0 Å². The fraction of sp³-hybridized carbons (Fsp3) is 1.00. The Bertz CT molecular complexity index is 19.3. The van der Waals surface area contributed by atoms with Gasteiger partial charge in [-0.3, -0.25) is 0 Å². The minimum absolute atomic E-state index is 0. The zero-order chi connectivity index (χ0) is 26.1. The highest BCUT2D eigenvalue weighted by molar-refractivity contribution is 4.00. The molecular formula is C30H99N3. The van der Waals surface area contributed by atoms with Gasteiger partial charge in [-0.25, -0.2) is 0 Å². The third kappa shape index (κ3) is 1980000. The van der Waals surface area contributed by atoms with E-state index in [9.17, 15) is 0 Å². The van der Waals surface area contributed by atoms with Gasteiger partial charge in [0.1, 0.15) is 0 Å². The topological polar surface area (TPSA) is 78.1 Å². The van der Waals surface area contributed by atoms with Crippen LogP contribution >= 0.6 is 0 Å². The molecule has 0 saturated carbocycles. The summed E-state index contributed by atoms with van der Waals surface area (Å²) in [6.45, 7) is 44.0. The van der Waals surface area contributed by atoms with E-state index in [4.69, 9.17) is 17.2 Å². The van der Waals surface area contributed by atoms with E-state index in [1.54, 1.807) is 0 Å². The lowest BCUT2D eigenvalue weighted by atomic mass is 10.8. The van der Waals surface area contributed by atoms with Gasteiger partial charge in [-0.1, -0.05) is 190 Å². The van der Waals surface area contributed by atoms with Crippen molar-refractivity contribution in [2.24, 2.45) is 17.2 Å². The van der Waals surface area contributed by atoms with Crippen LogP contribution in [0.1, 0.15) is 190 Å². The van der Waals surface area contributed by atoms with Crippen molar-refractivity contribution < 1.29 is 0 Å². The van der Waals surface area contributed by atoms with Crippen molar-refractivity contribution in [1.29, 1.82) is 0 Å². The van der Waals surface area contributed by atoms with E-state index in [1.165, 1.54) is 0 Å². The molecule has 0 aromatic heterocycles. The molecule has 0 atom stereocenters. The smallest absolute Gasteiger partial charge is 0.0106 e. The summed E-state index contributed by atoms with van der Waals surface area (Å²) in [5.74, 6) is 0. The molecule has 0 rings (SSSR count). The Balaban J connectivity index is -0.00000000460. The van der Waals surface area contributed by atoms with Crippen LogP contribution in [0.4, 0.5) is 0 Å². The van der Waals surface area contributed by atoms with Gasteiger partial charge in [0.05, 0.1) is 0 Å². The van der Waals surface area contributed by atoms with Gasteiger partial charge in [-0.05, 0) is 19.6 Å². The standard InChI is InChI=1S/3C2H7N.9C2H6.6CH4/c3*1-2-3;9*1-2;;;;;;/h3*2-3H2,1H3;9*1-2H3;6*1H4. The highest BCUT2D eigenvalue weighted by atomic mass is 14.5. The fourth-order valence-corrected chi connectivity index (χ4v) is 0. The molecule has 33 heavy (non-hydrogen) atoms. The third-order valence-electron chi connectivity index (χ3n) is 0. The van der Waals surface area contributed by atoms with E-state index in [0.717, 1.165) is 19.6 Å². The summed E-state index contributed by atoms with van der Waals surface area (Å²) in [6, 6.07) is 0. The Morgan fingerprint density at radius 3 is 0.242 bits per heavy atom. The summed E-state index contributed by atoms with van der Waals surface area (Å²) in [5.41, 5.74) is 14.5.